The molecule has 1 aromatic rings. The molecule has 8 nitrogen and oxygen atoms in total. The summed E-state index contributed by atoms with van der Waals surface area (Å²) in [6.45, 7) is 5.70. The first kappa shape index (κ1) is 16.9. The second kappa shape index (κ2) is 7.31. The number of carbonyl (C=O) groups is 1. The van der Waals surface area contributed by atoms with Crippen molar-refractivity contribution < 1.29 is 14.3 Å². The van der Waals surface area contributed by atoms with E-state index in [-0.39, 0.29) is 11.9 Å². The van der Waals surface area contributed by atoms with Crippen LogP contribution in [0.3, 0.4) is 0 Å². The van der Waals surface area contributed by atoms with Crippen LogP contribution in [-0.2, 0) is 14.3 Å². The van der Waals surface area contributed by atoms with E-state index in [1.54, 1.807) is 6.92 Å². The van der Waals surface area contributed by atoms with Crippen LogP contribution >= 0.6 is 0 Å². The van der Waals surface area contributed by atoms with Crippen molar-refractivity contribution in [3.63, 3.8) is 0 Å². The van der Waals surface area contributed by atoms with Gasteiger partial charge in [0.1, 0.15) is 11.4 Å². The minimum absolute atomic E-state index is 0.233. The Labute approximate surface area is 140 Å². The van der Waals surface area contributed by atoms with Crippen LogP contribution in [0.25, 0.3) is 0 Å². The Kier molecular flexibility index (Phi) is 5.15. The van der Waals surface area contributed by atoms with Gasteiger partial charge in [0.25, 0.3) is 10.9 Å². The fourth-order valence-corrected chi connectivity index (χ4v) is 3.25. The van der Waals surface area contributed by atoms with E-state index in [4.69, 9.17) is 9.47 Å². The van der Waals surface area contributed by atoms with E-state index in [1.165, 1.54) is 0 Å². The molecule has 24 heavy (non-hydrogen) atoms. The fourth-order valence-electron chi connectivity index (χ4n) is 3.25. The van der Waals surface area contributed by atoms with Crippen LogP contribution in [0.5, 0.6) is 0 Å². The summed E-state index contributed by atoms with van der Waals surface area (Å²) < 4.78 is 10.4. The Morgan fingerprint density at radius 1 is 1.25 bits per heavy atom. The number of nitrogens with one attached hydrogen (secondary N) is 1. The van der Waals surface area contributed by atoms with Crippen LogP contribution in [-0.4, -0.2) is 57.0 Å². The maximum atomic E-state index is 12.1. The van der Waals surface area contributed by atoms with Gasteiger partial charge in [0.2, 0.25) is 0 Å². The average molecular weight is 337 g/mol. The monoisotopic (exact) mass is 337 g/mol. The Hall–Kier alpha value is -1.93. The van der Waals surface area contributed by atoms with E-state index in [1.807, 2.05) is 9.91 Å². The minimum Gasteiger partial charge on any atom is -0.466 e. The van der Waals surface area contributed by atoms with Gasteiger partial charge in [-0.05, 0) is 19.8 Å². The Bertz CT molecular complexity index is 661. The predicted molar refractivity (Wildman–Crippen MR) is 88.9 cm³/mol. The summed E-state index contributed by atoms with van der Waals surface area (Å²) in [5.41, 5.74) is 2.83. The van der Waals surface area contributed by atoms with Gasteiger partial charge in [-0.25, -0.2) is 5.01 Å². The number of ether oxygens (including phenoxy) is 2. The number of hydrogen-bond acceptors (Lipinski definition) is 8. The van der Waals surface area contributed by atoms with Crippen molar-refractivity contribution in [3.8, 4) is 0 Å². The number of morpholine rings is 1. The highest BCUT2D eigenvalue weighted by molar-refractivity contribution is 5.77. The number of rotatable bonds is 5. The summed E-state index contributed by atoms with van der Waals surface area (Å²) in [6.07, 6.45) is 1.54. The van der Waals surface area contributed by atoms with Crippen molar-refractivity contribution in [2.75, 3.05) is 56.3 Å². The zero-order valence-corrected chi connectivity index (χ0v) is 13.9. The van der Waals surface area contributed by atoms with Crippen molar-refractivity contribution in [2.24, 2.45) is 5.92 Å². The number of anilines is 2. The summed E-state index contributed by atoms with van der Waals surface area (Å²) in [7, 11) is 0. The van der Waals surface area contributed by atoms with Crippen molar-refractivity contribution >= 4 is 17.3 Å². The highest BCUT2D eigenvalue weighted by Crippen LogP contribution is 2.27. The van der Waals surface area contributed by atoms with Crippen LogP contribution < -0.4 is 21.2 Å². The lowest BCUT2D eigenvalue weighted by molar-refractivity contribution is -0.148. The van der Waals surface area contributed by atoms with Gasteiger partial charge >= 0.3 is 5.97 Å². The molecule has 0 bridgehead atoms. The van der Waals surface area contributed by atoms with Gasteiger partial charge in [-0.15, -0.1) is 0 Å². The van der Waals surface area contributed by atoms with Gasteiger partial charge in [0.05, 0.1) is 25.7 Å². The standard InChI is InChI=1S/C16H23N3O5/c1-2-24-16(22)11-4-3-5-18(10-11)13-12(14(20)15(13)21)17-19-6-8-23-9-7-19/h11,17H,2-10H2,1H3/t11-/m1/s1. The number of piperidine rings is 1. The van der Waals surface area contributed by atoms with Gasteiger partial charge in [-0.3, -0.25) is 14.4 Å². The predicted octanol–water partition coefficient (Wildman–Crippen LogP) is -0.279. The molecule has 1 atom stereocenters. The molecule has 2 aliphatic heterocycles. The molecular weight excluding hydrogens is 314 g/mol. The van der Waals surface area contributed by atoms with Gasteiger partial charge in [-0.2, -0.15) is 0 Å². The van der Waals surface area contributed by atoms with Crippen LogP contribution in [0.4, 0.5) is 11.4 Å². The highest BCUT2D eigenvalue weighted by Gasteiger charge is 2.33. The molecule has 0 aromatic heterocycles. The summed E-state index contributed by atoms with van der Waals surface area (Å²) in [4.78, 5) is 37.8. The topological polar surface area (TPSA) is 88.2 Å². The van der Waals surface area contributed by atoms with E-state index in [2.05, 4.69) is 5.43 Å². The Morgan fingerprint density at radius 2 is 2.00 bits per heavy atom. The molecule has 2 aliphatic rings. The lowest BCUT2D eigenvalue weighted by Gasteiger charge is -2.36. The zero-order chi connectivity index (χ0) is 17.1. The molecule has 1 aromatic carbocycles. The Balaban J connectivity index is 1.72. The molecule has 2 fully saturated rings. The number of nitrogens with zero attached hydrogens (tertiary/aromatic N) is 2. The van der Waals surface area contributed by atoms with Crippen LogP contribution in [0.2, 0.25) is 0 Å². The molecule has 8 heteroatoms. The summed E-state index contributed by atoms with van der Waals surface area (Å²) >= 11 is 0. The first-order valence-corrected chi connectivity index (χ1v) is 8.46. The normalized spacial score (nSPS) is 22.5. The lowest BCUT2D eigenvalue weighted by atomic mass is 9.96. The Morgan fingerprint density at radius 3 is 2.71 bits per heavy atom. The van der Waals surface area contributed by atoms with E-state index >= 15 is 0 Å². The molecule has 0 saturated carbocycles. The summed E-state index contributed by atoms with van der Waals surface area (Å²) in [6, 6.07) is 0. The number of esters is 1. The number of hydrazine groups is 1. The molecular formula is C16H23N3O5. The van der Waals surface area contributed by atoms with Gasteiger partial charge < -0.3 is 19.8 Å². The van der Waals surface area contributed by atoms with E-state index in [0.717, 1.165) is 12.8 Å². The molecule has 3 rings (SSSR count). The number of hydrogen-bond donors (Lipinski definition) is 1. The van der Waals surface area contributed by atoms with Crippen molar-refractivity contribution in [1.29, 1.82) is 0 Å². The average Bonchev–Trinajstić information content (AvgIpc) is 2.62. The van der Waals surface area contributed by atoms with Crippen LogP contribution in [0.1, 0.15) is 19.8 Å². The van der Waals surface area contributed by atoms with Crippen molar-refractivity contribution in [2.45, 2.75) is 19.8 Å². The molecule has 0 spiro atoms. The summed E-state index contributed by atoms with van der Waals surface area (Å²) in [5, 5.41) is 1.88. The molecule has 2 saturated heterocycles. The molecule has 0 amide bonds. The molecule has 0 radical (unpaired) electrons. The third-order valence-corrected chi connectivity index (χ3v) is 4.52. The maximum Gasteiger partial charge on any atom is 0.310 e. The highest BCUT2D eigenvalue weighted by atomic mass is 16.5. The lowest BCUT2D eigenvalue weighted by Crippen LogP contribution is -2.50. The van der Waals surface area contributed by atoms with Gasteiger partial charge in [0, 0.05) is 26.2 Å². The molecule has 0 unspecified atom stereocenters. The molecule has 2 heterocycles. The van der Waals surface area contributed by atoms with Crippen LogP contribution in [0.15, 0.2) is 9.59 Å². The quantitative estimate of drug-likeness (QED) is 0.580. The third-order valence-electron chi connectivity index (χ3n) is 4.52. The third kappa shape index (κ3) is 3.29. The maximum absolute atomic E-state index is 12.1. The second-order valence-corrected chi connectivity index (χ2v) is 6.13. The first-order valence-electron chi connectivity index (χ1n) is 8.46. The van der Waals surface area contributed by atoms with E-state index in [0.29, 0.717) is 57.4 Å². The largest absolute Gasteiger partial charge is 0.466 e. The van der Waals surface area contributed by atoms with Crippen molar-refractivity contribution in [3.05, 3.63) is 20.4 Å². The fraction of sp³-hybridized carbons (Fsp3) is 0.688. The van der Waals surface area contributed by atoms with Crippen molar-refractivity contribution in [1.82, 2.24) is 5.01 Å². The van der Waals surface area contributed by atoms with Crippen LogP contribution in [0, 0.1) is 5.92 Å². The van der Waals surface area contributed by atoms with E-state index in [9.17, 15) is 14.4 Å². The first-order chi connectivity index (χ1) is 11.6. The van der Waals surface area contributed by atoms with Gasteiger partial charge in [-0.1, -0.05) is 0 Å². The molecule has 0 aliphatic carbocycles. The zero-order valence-electron chi connectivity index (χ0n) is 13.9. The van der Waals surface area contributed by atoms with Gasteiger partial charge in [0.15, 0.2) is 0 Å². The second-order valence-electron chi connectivity index (χ2n) is 6.13. The smallest absolute Gasteiger partial charge is 0.310 e. The summed E-state index contributed by atoms with van der Waals surface area (Å²) in [5.74, 6) is -0.483. The SMILES string of the molecule is CCOC(=O)[C@@H]1CCCN(c2c(NN3CCOCC3)c(=O)c2=O)C1. The molecule has 1 N–H and O–H groups in total. The minimum atomic E-state index is -0.491. The molecule has 132 valence electrons. The number of carbonyl (C=O) groups excluding carboxylic acids is 1. The van der Waals surface area contributed by atoms with E-state index < -0.39 is 10.9 Å².